The highest BCUT2D eigenvalue weighted by Gasteiger charge is 2.76. The Kier molecular flexibility index (Phi) is 6.99. The van der Waals surface area contributed by atoms with E-state index in [4.69, 9.17) is 16.7 Å². The molecule has 3 saturated heterocycles. The van der Waals surface area contributed by atoms with E-state index >= 15 is 0 Å². The number of nitrogens with one attached hydrogen (secondary N) is 2. The zero-order valence-corrected chi connectivity index (χ0v) is 20.7. The number of aliphatic hydroxyl groups is 1. The van der Waals surface area contributed by atoms with Crippen LogP contribution in [0.4, 0.5) is 5.69 Å². The lowest BCUT2D eigenvalue weighted by Crippen LogP contribution is -2.52. The molecule has 0 aromatic heterocycles. The van der Waals surface area contributed by atoms with E-state index in [9.17, 15) is 14.4 Å². The predicted octanol–water partition coefficient (Wildman–Crippen LogP) is 3.06. The number of hydrogen-bond donors (Lipinski definition) is 3. The Bertz CT molecular complexity index is 946. The summed E-state index contributed by atoms with van der Waals surface area (Å²) in [5, 5.41) is 15.2. The number of anilines is 1. The van der Waals surface area contributed by atoms with Gasteiger partial charge in [-0.25, -0.2) is 0 Å². The van der Waals surface area contributed by atoms with Gasteiger partial charge in [0, 0.05) is 24.9 Å². The number of halogens is 1. The number of nitrogens with zero attached hydrogens (tertiary/aromatic N) is 1. The summed E-state index contributed by atoms with van der Waals surface area (Å²) < 4.78 is -0.990. The lowest BCUT2D eigenvalue weighted by molar-refractivity contribution is -0.140. The summed E-state index contributed by atoms with van der Waals surface area (Å²) in [7, 11) is 1.61. The zero-order valence-electron chi connectivity index (χ0n) is 19.1. The number of hydrogen-bond acceptors (Lipinski definition) is 5. The van der Waals surface area contributed by atoms with E-state index in [1.165, 1.54) is 0 Å². The Balaban J connectivity index is 1.66. The highest BCUT2D eigenvalue weighted by atomic mass is 35.5. The highest BCUT2D eigenvalue weighted by molar-refractivity contribution is 8.02. The quantitative estimate of drug-likeness (QED) is 0.459. The number of carbonyl (C=O) groups is 3. The fraction of sp³-hybridized carbons (Fsp3) is 0.625. The Hall–Kier alpha value is -1.77. The molecule has 180 valence electrons. The summed E-state index contributed by atoms with van der Waals surface area (Å²) in [6.45, 7) is 2.67. The van der Waals surface area contributed by atoms with Gasteiger partial charge in [-0.2, -0.15) is 0 Å². The molecule has 0 aliphatic carbocycles. The summed E-state index contributed by atoms with van der Waals surface area (Å²) in [6, 6.07) is 6.41. The molecule has 7 nitrogen and oxygen atoms in total. The third-order valence-electron chi connectivity index (χ3n) is 7.49. The fourth-order valence-electron chi connectivity index (χ4n) is 6.03. The Morgan fingerprint density at radius 2 is 1.91 bits per heavy atom. The second-order valence-corrected chi connectivity index (χ2v) is 11.8. The van der Waals surface area contributed by atoms with Crippen molar-refractivity contribution >= 4 is 46.8 Å². The number of benzene rings is 1. The van der Waals surface area contributed by atoms with Crippen LogP contribution in [0.15, 0.2) is 24.3 Å². The molecule has 0 radical (unpaired) electrons. The van der Waals surface area contributed by atoms with Crippen molar-refractivity contribution in [1.29, 1.82) is 0 Å². The molecule has 1 spiro atoms. The molecule has 3 aliphatic rings. The normalized spacial score (nSPS) is 32.2. The molecule has 3 aliphatic heterocycles. The zero-order chi connectivity index (χ0) is 23.8. The molecule has 1 aromatic carbocycles. The van der Waals surface area contributed by atoms with Crippen molar-refractivity contribution in [1.82, 2.24) is 10.2 Å². The van der Waals surface area contributed by atoms with Gasteiger partial charge in [0.05, 0.1) is 27.3 Å². The number of likely N-dealkylation sites (tertiary alicyclic amines) is 1. The number of thioether (sulfide) groups is 1. The third kappa shape index (κ3) is 4.04. The predicted molar refractivity (Wildman–Crippen MR) is 130 cm³/mol. The summed E-state index contributed by atoms with van der Waals surface area (Å²) >= 11 is 7.95. The van der Waals surface area contributed by atoms with E-state index in [1.807, 2.05) is 0 Å². The number of unbranched alkanes of at least 4 members (excludes halogenated alkanes) is 3. The van der Waals surface area contributed by atoms with Crippen LogP contribution in [0.5, 0.6) is 0 Å². The van der Waals surface area contributed by atoms with Gasteiger partial charge in [-0.15, -0.1) is 11.8 Å². The summed E-state index contributed by atoms with van der Waals surface area (Å²) in [5.74, 6) is -1.44. The fourth-order valence-corrected chi connectivity index (χ4v) is 8.57. The molecule has 9 heteroatoms. The van der Waals surface area contributed by atoms with Crippen LogP contribution < -0.4 is 10.6 Å². The molecule has 3 N–H and O–H groups in total. The van der Waals surface area contributed by atoms with E-state index in [1.54, 1.807) is 48.0 Å². The monoisotopic (exact) mass is 493 g/mol. The van der Waals surface area contributed by atoms with Gasteiger partial charge in [0.2, 0.25) is 17.7 Å². The molecule has 3 fully saturated rings. The van der Waals surface area contributed by atoms with Gasteiger partial charge in [-0.05, 0) is 44.7 Å². The average Bonchev–Trinajstić information content (AvgIpc) is 3.35. The van der Waals surface area contributed by atoms with Crippen LogP contribution in [0, 0.1) is 11.8 Å². The Morgan fingerprint density at radius 3 is 2.61 bits per heavy atom. The van der Waals surface area contributed by atoms with Gasteiger partial charge in [0.15, 0.2) is 0 Å². The van der Waals surface area contributed by atoms with Crippen molar-refractivity contribution in [2.45, 2.75) is 61.0 Å². The van der Waals surface area contributed by atoms with Crippen LogP contribution in [-0.2, 0) is 14.4 Å². The molecule has 3 amide bonds. The summed E-state index contributed by atoms with van der Waals surface area (Å²) in [4.78, 5) is 42.1. The molecule has 33 heavy (non-hydrogen) atoms. The number of amides is 3. The van der Waals surface area contributed by atoms with Crippen molar-refractivity contribution in [2.75, 3.05) is 25.5 Å². The van der Waals surface area contributed by atoms with Gasteiger partial charge in [-0.3, -0.25) is 14.4 Å². The van der Waals surface area contributed by atoms with E-state index in [2.05, 4.69) is 17.6 Å². The first-order valence-electron chi connectivity index (χ1n) is 11.7. The minimum atomic E-state index is -0.661. The number of fused-ring (bicyclic) bond motifs is 1. The Labute approximate surface area is 204 Å². The maximum absolute atomic E-state index is 13.8. The molecule has 0 saturated carbocycles. The van der Waals surface area contributed by atoms with E-state index in [-0.39, 0.29) is 29.1 Å². The molecule has 2 unspecified atom stereocenters. The summed E-state index contributed by atoms with van der Waals surface area (Å²) in [5.41, 5.74) is 0.519. The van der Waals surface area contributed by atoms with Crippen LogP contribution in [-0.4, -0.2) is 63.5 Å². The molecule has 1 aromatic rings. The number of carbonyl (C=O) groups excluding carboxylic acids is 3. The Morgan fingerprint density at radius 1 is 1.18 bits per heavy atom. The van der Waals surface area contributed by atoms with Crippen LogP contribution in [0.1, 0.15) is 45.4 Å². The summed E-state index contributed by atoms with van der Waals surface area (Å²) in [6.07, 6.45) is 4.72. The highest BCUT2D eigenvalue weighted by Crippen LogP contribution is 2.71. The first-order chi connectivity index (χ1) is 15.8. The van der Waals surface area contributed by atoms with E-state index < -0.39 is 22.6 Å². The van der Waals surface area contributed by atoms with Crippen molar-refractivity contribution in [3.05, 3.63) is 29.3 Å². The van der Waals surface area contributed by atoms with Crippen molar-refractivity contribution in [3.8, 4) is 0 Å². The maximum Gasteiger partial charge on any atom is 0.248 e. The van der Waals surface area contributed by atoms with Gasteiger partial charge in [-0.1, -0.05) is 36.6 Å². The van der Waals surface area contributed by atoms with Crippen molar-refractivity contribution in [2.24, 2.45) is 11.8 Å². The standard InChI is InChI=1S/C24H32ClN3O4S/c1-23-11-12-24(33-23)18(17(23)20(30)26-2)22(32)28(13-7-3-4-8-14-29)19(24)21(31)27-16-10-6-5-9-15(16)25/h5-6,9-10,17-19,29H,3-4,7-8,11-14H2,1-2H3,(H,26,30)(H,27,31)/t17-,18-,19?,23+,24?/m0/s1. The molecular formula is C24H32ClN3O4S. The third-order valence-corrected chi connectivity index (χ3v) is 9.81. The van der Waals surface area contributed by atoms with Gasteiger partial charge >= 0.3 is 0 Å². The van der Waals surface area contributed by atoms with Gasteiger partial charge in [0.1, 0.15) is 6.04 Å². The van der Waals surface area contributed by atoms with Crippen LogP contribution in [0.25, 0.3) is 0 Å². The van der Waals surface area contributed by atoms with Crippen LogP contribution in [0.3, 0.4) is 0 Å². The van der Waals surface area contributed by atoms with Crippen LogP contribution >= 0.6 is 23.4 Å². The topological polar surface area (TPSA) is 98.7 Å². The second kappa shape index (κ2) is 9.47. The minimum absolute atomic E-state index is 0.0963. The van der Waals surface area contributed by atoms with E-state index in [0.29, 0.717) is 17.3 Å². The number of aliphatic hydroxyl groups excluding tert-OH is 1. The van der Waals surface area contributed by atoms with Crippen LogP contribution in [0.2, 0.25) is 5.02 Å². The van der Waals surface area contributed by atoms with Gasteiger partial charge < -0.3 is 20.6 Å². The lowest BCUT2D eigenvalue weighted by atomic mass is 9.66. The smallest absolute Gasteiger partial charge is 0.248 e. The van der Waals surface area contributed by atoms with Crippen molar-refractivity contribution in [3.63, 3.8) is 0 Å². The molecular weight excluding hydrogens is 462 g/mol. The number of para-hydroxylation sites is 1. The SMILES string of the molecule is CNC(=O)[C@@H]1[C@H]2C(=O)N(CCCCCCO)C(C(=O)Nc3ccccc3Cl)C23CC[C@@]1(C)S3. The second-order valence-electron chi connectivity index (χ2n) is 9.48. The maximum atomic E-state index is 13.8. The minimum Gasteiger partial charge on any atom is -0.396 e. The molecule has 3 heterocycles. The average molecular weight is 494 g/mol. The number of rotatable bonds is 9. The first kappa shape index (κ1) is 24.4. The lowest BCUT2D eigenvalue weighted by Gasteiger charge is -2.34. The first-order valence-corrected chi connectivity index (χ1v) is 12.9. The van der Waals surface area contributed by atoms with E-state index in [0.717, 1.165) is 38.5 Å². The van der Waals surface area contributed by atoms with Crippen molar-refractivity contribution < 1.29 is 19.5 Å². The molecule has 5 atom stereocenters. The largest absolute Gasteiger partial charge is 0.396 e. The molecule has 2 bridgehead atoms. The van der Waals surface area contributed by atoms with Gasteiger partial charge in [0.25, 0.3) is 0 Å². The molecule has 4 rings (SSSR count).